The Morgan fingerprint density at radius 3 is 3.08 bits per heavy atom. The third-order valence-electron chi connectivity index (χ3n) is 2.74. The van der Waals surface area contributed by atoms with Gasteiger partial charge in [-0.3, -0.25) is 0 Å². The lowest BCUT2D eigenvalue weighted by atomic mass is 9.99. The van der Waals surface area contributed by atoms with E-state index in [1.807, 2.05) is 11.8 Å². The fraction of sp³-hybridized carbons (Fsp3) is 0.273. The van der Waals surface area contributed by atoms with Crippen molar-refractivity contribution in [3.05, 3.63) is 41.0 Å². The molecule has 2 heteroatoms. The van der Waals surface area contributed by atoms with Crippen LogP contribution in [0, 0.1) is 0 Å². The molecular weight excluding hydrogens is 244 g/mol. The number of hydrogen-bond donors (Lipinski definition) is 0. The van der Waals surface area contributed by atoms with Gasteiger partial charge in [-0.2, -0.15) is 0 Å². The number of alkyl halides is 1. The van der Waals surface area contributed by atoms with Gasteiger partial charge in [0, 0.05) is 11.7 Å². The van der Waals surface area contributed by atoms with Crippen molar-refractivity contribution in [3.8, 4) is 0 Å². The Morgan fingerprint density at radius 1 is 1.31 bits per heavy atom. The van der Waals surface area contributed by atoms with Gasteiger partial charge in [-0.25, -0.2) is 0 Å². The zero-order chi connectivity index (χ0) is 8.84. The molecule has 1 saturated heterocycles. The van der Waals surface area contributed by atoms with Crippen LogP contribution >= 0.6 is 27.7 Å². The fourth-order valence-corrected chi connectivity index (χ4v) is 4.28. The zero-order valence-electron chi connectivity index (χ0n) is 7.03. The lowest BCUT2D eigenvalue weighted by Gasteiger charge is -2.11. The van der Waals surface area contributed by atoms with E-state index in [1.165, 1.54) is 16.9 Å². The number of fused-ring (bicyclic) bond motifs is 3. The summed E-state index contributed by atoms with van der Waals surface area (Å²) in [4.78, 5) is 0. The average Bonchev–Trinajstić information content (AvgIpc) is 2.66. The quantitative estimate of drug-likeness (QED) is 0.636. The van der Waals surface area contributed by atoms with Crippen LogP contribution in [0.4, 0.5) is 0 Å². The first kappa shape index (κ1) is 8.13. The van der Waals surface area contributed by atoms with Crippen LogP contribution in [-0.4, -0.2) is 9.91 Å². The Kier molecular flexibility index (Phi) is 1.81. The third kappa shape index (κ3) is 1.12. The normalized spacial score (nSPS) is 29.8. The number of benzene rings is 1. The van der Waals surface area contributed by atoms with Gasteiger partial charge in [0.2, 0.25) is 0 Å². The molecule has 0 bridgehead atoms. The molecule has 3 rings (SSSR count). The van der Waals surface area contributed by atoms with Gasteiger partial charge in [-0.05, 0) is 11.1 Å². The van der Waals surface area contributed by atoms with Crippen molar-refractivity contribution in [2.75, 3.05) is 5.75 Å². The fourth-order valence-electron chi connectivity index (χ4n) is 2.13. The summed E-state index contributed by atoms with van der Waals surface area (Å²) in [7, 11) is 0. The van der Waals surface area contributed by atoms with Gasteiger partial charge >= 0.3 is 0 Å². The highest BCUT2D eigenvalue weighted by Crippen LogP contribution is 2.51. The average molecular weight is 253 g/mol. The standard InChI is InChI=1S/C11H9BrS/c12-11-10-8(6-13-11)5-7-3-1-2-4-9(7)10/h1-5,10-11H,6H2. The molecule has 2 aliphatic rings. The van der Waals surface area contributed by atoms with Crippen molar-refractivity contribution in [3.63, 3.8) is 0 Å². The van der Waals surface area contributed by atoms with E-state index in [4.69, 9.17) is 0 Å². The van der Waals surface area contributed by atoms with Crippen molar-refractivity contribution in [2.45, 2.75) is 10.1 Å². The van der Waals surface area contributed by atoms with Crippen LogP contribution in [0.25, 0.3) is 6.08 Å². The van der Waals surface area contributed by atoms with Crippen LogP contribution in [0.5, 0.6) is 0 Å². The summed E-state index contributed by atoms with van der Waals surface area (Å²) in [6.45, 7) is 0. The maximum absolute atomic E-state index is 3.74. The smallest absolute Gasteiger partial charge is 0.0709 e. The number of thioether (sulfide) groups is 1. The maximum Gasteiger partial charge on any atom is 0.0709 e. The van der Waals surface area contributed by atoms with E-state index in [-0.39, 0.29) is 0 Å². The molecule has 0 aromatic heterocycles. The van der Waals surface area contributed by atoms with Gasteiger partial charge in [0.25, 0.3) is 0 Å². The number of halogens is 1. The highest BCUT2D eigenvalue weighted by atomic mass is 79.9. The van der Waals surface area contributed by atoms with Gasteiger partial charge in [0.15, 0.2) is 0 Å². The minimum absolute atomic E-state index is 0.586. The van der Waals surface area contributed by atoms with Gasteiger partial charge in [0.05, 0.1) is 4.16 Å². The van der Waals surface area contributed by atoms with Gasteiger partial charge in [-0.1, -0.05) is 51.8 Å². The molecule has 0 amide bonds. The van der Waals surface area contributed by atoms with Crippen molar-refractivity contribution in [1.29, 1.82) is 0 Å². The molecule has 0 saturated carbocycles. The Bertz CT molecular complexity index is 383. The molecule has 0 N–H and O–H groups in total. The van der Waals surface area contributed by atoms with Gasteiger partial charge in [-0.15, -0.1) is 11.8 Å². The highest BCUT2D eigenvalue weighted by Gasteiger charge is 2.35. The molecule has 1 aromatic carbocycles. The summed E-state index contributed by atoms with van der Waals surface area (Å²) < 4.78 is 0.586. The zero-order valence-corrected chi connectivity index (χ0v) is 9.44. The van der Waals surface area contributed by atoms with E-state index in [2.05, 4.69) is 46.3 Å². The minimum Gasteiger partial charge on any atom is -0.142 e. The van der Waals surface area contributed by atoms with Crippen LogP contribution in [0.3, 0.4) is 0 Å². The van der Waals surface area contributed by atoms with Crippen molar-refractivity contribution in [2.24, 2.45) is 0 Å². The minimum atomic E-state index is 0.586. The molecule has 1 aliphatic carbocycles. The lowest BCUT2D eigenvalue weighted by molar-refractivity contribution is 0.943. The monoisotopic (exact) mass is 252 g/mol. The van der Waals surface area contributed by atoms with E-state index in [1.54, 1.807) is 5.57 Å². The molecule has 13 heavy (non-hydrogen) atoms. The van der Waals surface area contributed by atoms with E-state index >= 15 is 0 Å². The third-order valence-corrected chi connectivity index (χ3v) is 5.15. The maximum atomic E-state index is 3.74. The van der Waals surface area contributed by atoms with E-state index < -0.39 is 0 Å². The summed E-state index contributed by atoms with van der Waals surface area (Å²) >= 11 is 5.74. The first-order valence-corrected chi connectivity index (χ1v) is 6.38. The van der Waals surface area contributed by atoms with Gasteiger partial charge < -0.3 is 0 Å². The molecule has 1 fully saturated rings. The van der Waals surface area contributed by atoms with Gasteiger partial charge in [0.1, 0.15) is 0 Å². The van der Waals surface area contributed by atoms with Crippen molar-refractivity contribution < 1.29 is 0 Å². The largest absolute Gasteiger partial charge is 0.142 e. The molecule has 2 atom stereocenters. The molecule has 0 nitrogen and oxygen atoms in total. The van der Waals surface area contributed by atoms with Crippen molar-refractivity contribution >= 4 is 33.8 Å². The van der Waals surface area contributed by atoms with Crippen LogP contribution in [0.2, 0.25) is 0 Å². The molecule has 0 spiro atoms. The van der Waals surface area contributed by atoms with Crippen LogP contribution in [0.15, 0.2) is 29.8 Å². The summed E-state index contributed by atoms with van der Waals surface area (Å²) in [5, 5.41) is 0. The van der Waals surface area contributed by atoms with Crippen LogP contribution in [-0.2, 0) is 0 Å². The molecular formula is C11H9BrS. The Labute approximate surface area is 90.5 Å². The lowest BCUT2D eigenvalue weighted by Crippen LogP contribution is -2.01. The Morgan fingerprint density at radius 2 is 2.15 bits per heavy atom. The number of hydrogen-bond acceptors (Lipinski definition) is 1. The van der Waals surface area contributed by atoms with Crippen molar-refractivity contribution in [1.82, 2.24) is 0 Å². The first-order chi connectivity index (χ1) is 6.36. The SMILES string of the molecule is BrC1SCC2=Cc3ccccc3C21. The highest BCUT2D eigenvalue weighted by molar-refractivity contribution is 9.11. The summed E-state index contributed by atoms with van der Waals surface area (Å²) in [6, 6.07) is 8.72. The second kappa shape index (κ2) is 2.89. The molecule has 66 valence electrons. The second-order valence-corrected chi connectivity index (χ2v) is 6.21. The number of rotatable bonds is 0. The summed E-state index contributed by atoms with van der Waals surface area (Å²) in [6.07, 6.45) is 2.36. The molecule has 1 heterocycles. The topological polar surface area (TPSA) is 0 Å². The van der Waals surface area contributed by atoms with E-state index in [9.17, 15) is 0 Å². The summed E-state index contributed by atoms with van der Waals surface area (Å²) in [5.41, 5.74) is 4.52. The predicted molar refractivity (Wildman–Crippen MR) is 62.3 cm³/mol. The summed E-state index contributed by atoms with van der Waals surface area (Å²) in [5.74, 6) is 1.83. The van der Waals surface area contributed by atoms with E-state index in [0.717, 1.165) is 0 Å². The first-order valence-electron chi connectivity index (χ1n) is 4.41. The predicted octanol–water partition coefficient (Wildman–Crippen LogP) is 3.64. The van der Waals surface area contributed by atoms with E-state index in [0.29, 0.717) is 10.1 Å². The molecule has 2 unspecified atom stereocenters. The Hall–Kier alpha value is -0.210. The van der Waals surface area contributed by atoms with Crippen LogP contribution in [0.1, 0.15) is 17.0 Å². The molecule has 0 radical (unpaired) electrons. The molecule has 1 aromatic rings. The molecule has 1 aliphatic heterocycles. The second-order valence-electron chi connectivity index (χ2n) is 3.49. The van der Waals surface area contributed by atoms with Crippen LogP contribution < -0.4 is 0 Å². The Balaban J connectivity index is 2.16.